The summed E-state index contributed by atoms with van der Waals surface area (Å²) in [6, 6.07) is 0. The predicted molar refractivity (Wildman–Crippen MR) is 80.4 cm³/mol. The van der Waals surface area contributed by atoms with Crippen LogP contribution in [0.1, 0.15) is 16.1 Å². The highest BCUT2D eigenvalue weighted by Crippen LogP contribution is 2.26. The number of nitrogens with one attached hydrogen (secondary N) is 2. The van der Waals surface area contributed by atoms with Crippen LogP contribution in [0, 0.1) is 0 Å². The number of aromatic nitrogens is 1. The third kappa shape index (κ3) is 4.05. The summed E-state index contributed by atoms with van der Waals surface area (Å²) in [5.41, 5.74) is 5.81. The molecule has 1 aromatic rings. The molecule has 1 aromatic heterocycles. The molecule has 9 heteroatoms. The number of amides is 2. The minimum Gasteiger partial charge on any atom is -0.383 e. The second-order valence-corrected chi connectivity index (χ2v) is 5.58. The molecule has 2 amide bonds. The van der Waals surface area contributed by atoms with Crippen molar-refractivity contribution in [3.05, 3.63) is 4.88 Å². The highest BCUT2D eigenvalue weighted by Gasteiger charge is 2.25. The van der Waals surface area contributed by atoms with Gasteiger partial charge in [-0.15, -0.1) is 0 Å². The number of methoxy groups -OCH3 is 1. The Morgan fingerprint density at radius 3 is 3.19 bits per heavy atom. The Bertz CT molecular complexity index is 519. The van der Waals surface area contributed by atoms with E-state index in [1.807, 2.05) is 0 Å². The van der Waals surface area contributed by atoms with Crippen LogP contribution in [0.2, 0.25) is 0 Å². The molecule has 0 spiro atoms. The third-order valence-corrected chi connectivity index (χ3v) is 4.00. The number of nitrogens with zero attached hydrogens (tertiary/aromatic N) is 2. The summed E-state index contributed by atoms with van der Waals surface area (Å²) in [6.07, 6.45) is 0.731. The van der Waals surface area contributed by atoms with E-state index in [1.165, 1.54) is 16.2 Å². The Morgan fingerprint density at radius 1 is 1.62 bits per heavy atom. The van der Waals surface area contributed by atoms with E-state index in [2.05, 4.69) is 15.6 Å². The molecule has 4 N–H and O–H groups in total. The van der Waals surface area contributed by atoms with Gasteiger partial charge in [0.2, 0.25) is 5.91 Å². The molecule has 2 heterocycles. The quantitative estimate of drug-likeness (QED) is 0.647. The zero-order valence-corrected chi connectivity index (χ0v) is 12.7. The zero-order chi connectivity index (χ0) is 15.2. The standard InChI is InChI=1S/C12H19N5O3S/c1-20-6-4-15-12-16-10(13)9(21-12)11(19)17-5-2-3-14-8(18)7-17/h2-7,13H2,1H3,(H,14,18)(H,15,16). The molecule has 0 unspecified atom stereocenters. The molecule has 0 radical (unpaired) electrons. The molecular formula is C12H19N5O3S. The summed E-state index contributed by atoms with van der Waals surface area (Å²) in [7, 11) is 1.61. The van der Waals surface area contributed by atoms with Crippen LogP contribution in [0.3, 0.4) is 0 Å². The van der Waals surface area contributed by atoms with E-state index in [4.69, 9.17) is 10.5 Å². The predicted octanol–water partition coefficient (Wildman–Crippen LogP) is -0.254. The number of ether oxygens (including phenoxy) is 1. The van der Waals surface area contributed by atoms with Gasteiger partial charge in [0.1, 0.15) is 10.7 Å². The number of rotatable bonds is 5. The average Bonchev–Trinajstić information content (AvgIpc) is 2.68. The molecule has 1 aliphatic heterocycles. The molecule has 116 valence electrons. The first kappa shape index (κ1) is 15.5. The molecule has 2 rings (SSSR count). The number of hydrogen-bond acceptors (Lipinski definition) is 7. The van der Waals surface area contributed by atoms with Gasteiger partial charge in [0.25, 0.3) is 5.91 Å². The molecule has 0 aromatic carbocycles. The molecule has 21 heavy (non-hydrogen) atoms. The fourth-order valence-electron chi connectivity index (χ4n) is 1.94. The lowest BCUT2D eigenvalue weighted by Crippen LogP contribution is -2.37. The maximum atomic E-state index is 12.4. The lowest BCUT2D eigenvalue weighted by atomic mass is 10.3. The number of carbonyl (C=O) groups excluding carboxylic acids is 2. The Hall–Kier alpha value is -1.87. The van der Waals surface area contributed by atoms with Gasteiger partial charge in [-0.3, -0.25) is 9.59 Å². The van der Waals surface area contributed by atoms with Gasteiger partial charge in [0.05, 0.1) is 13.2 Å². The summed E-state index contributed by atoms with van der Waals surface area (Å²) in [4.78, 5) is 30.0. The molecule has 0 atom stereocenters. The van der Waals surface area contributed by atoms with Crippen LogP contribution in [0.25, 0.3) is 0 Å². The minimum atomic E-state index is -0.248. The van der Waals surface area contributed by atoms with E-state index in [-0.39, 0.29) is 24.2 Å². The summed E-state index contributed by atoms with van der Waals surface area (Å²) in [5.74, 6) is -0.209. The molecule has 0 saturated carbocycles. The average molecular weight is 313 g/mol. The Kier molecular flexibility index (Phi) is 5.34. The lowest BCUT2D eigenvalue weighted by molar-refractivity contribution is -0.121. The van der Waals surface area contributed by atoms with Crippen LogP contribution in [0.4, 0.5) is 10.9 Å². The van der Waals surface area contributed by atoms with E-state index in [1.54, 1.807) is 7.11 Å². The first-order valence-electron chi connectivity index (χ1n) is 6.67. The third-order valence-electron chi connectivity index (χ3n) is 2.98. The second-order valence-electron chi connectivity index (χ2n) is 4.58. The minimum absolute atomic E-state index is 0.0581. The summed E-state index contributed by atoms with van der Waals surface area (Å²) in [6.45, 7) is 2.30. The molecule has 1 saturated heterocycles. The van der Waals surface area contributed by atoms with Gasteiger partial charge in [-0.05, 0) is 6.42 Å². The van der Waals surface area contributed by atoms with Gasteiger partial charge in [0.15, 0.2) is 5.13 Å². The van der Waals surface area contributed by atoms with Crippen molar-refractivity contribution in [3.8, 4) is 0 Å². The van der Waals surface area contributed by atoms with E-state index in [9.17, 15) is 9.59 Å². The highest BCUT2D eigenvalue weighted by atomic mass is 32.1. The lowest BCUT2D eigenvalue weighted by Gasteiger charge is -2.17. The fraction of sp³-hybridized carbons (Fsp3) is 0.583. The smallest absolute Gasteiger partial charge is 0.268 e. The monoisotopic (exact) mass is 313 g/mol. The number of hydrogen-bond donors (Lipinski definition) is 3. The van der Waals surface area contributed by atoms with Crippen LogP contribution >= 0.6 is 11.3 Å². The molecule has 0 aliphatic carbocycles. The normalized spacial score (nSPS) is 15.5. The first-order chi connectivity index (χ1) is 10.1. The van der Waals surface area contributed by atoms with Crippen LogP contribution in [0.15, 0.2) is 0 Å². The second kappa shape index (κ2) is 7.23. The van der Waals surface area contributed by atoms with E-state index in [0.29, 0.717) is 36.2 Å². The maximum Gasteiger partial charge on any atom is 0.268 e. The molecular weight excluding hydrogens is 294 g/mol. The number of anilines is 2. The Morgan fingerprint density at radius 2 is 2.43 bits per heavy atom. The van der Waals surface area contributed by atoms with Crippen molar-refractivity contribution in [2.75, 3.05) is 50.9 Å². The van der Waals surface area contributed by atoms with E-state index >= 15 is 0 Å². The SMILES string of the molecule is COCCNc1nc(N)c(C(=O)N2CCCNC(=O)C2)s1. The fourth-order valence-corrected chi connectivity index (χ4v) is 2.82. The number of thiazole rings is 1. The van der Waals surface area contributed by atoms with Crippen LogP contribution in [-0.4, -0.2) is 61.6 Å². The zero-order valence-electron chi connectivity index (χ0n) is 11.8. The molecule has 0 bridgehead atoms. The summed E-state index contributed by atoms with van der Waals surface area (Å²) in [5, 5.41) is 6.35. The van der Waals surface area contributed by atoms with Gasteiger partial charge in [0, 0.05) is 26.7 Å². The highest BCUT2D eigenvalue weighted by molar-refractivity contribution is 7.18. The summed E-state index contributed by atoms with van der Waals surface area (Å²) >= 11 is 1.19. The number of carbonyl (C=O) groups is 2. The topological polar surface area (TPSA) is 110 Å². The van der Waals surface area contributed by atoms with Gasteiger partial charge in [-0.25, -0.2) is 4.98 Å². The Labute approximate surface area is 126 Å². The van der Waals surface area contributed by atoms with E-state index in [0.717, 1.165) is 6.42 Å². The first-order valence-corrected chi connectivity index (χ1v) is 7.48. The van der Waals surface area contributed by atoms with Crippen LogP contribution in [-0.2, 0) is 9.53 Å². The van der Waals surface area contributed by atoms with Crippen molar-refractivity contribution < 1.29 is 14.3 Å². The van der Waals surface area contributed by atoms with Crippen molar-refractivity contribution in [1.29, 1.82) is 0 Å². The molecule has 1 aliphatic rings. The van der Waals surface area contributed by atoms with Crippen molar-refractivity contribution in [2.45, 2.75) is 6.42 Å². The molecule has 8 nitrogen and oxygen atoms in total. The largest absolute Gasteiger partial charge is 0.383 e. The van der Waals surface area contributed by atoms with E-state index < -0.39 is 0 Å². The van der Waals surface area contributed by atoms with Crippen molar-refractivity contribution in [1.82, 2.24) is 15.2 Å². The molecule has 1 fully saturated rings. The van der Waals surface area contributed by atoms with Crippen molar-refractivity contribution >= 4 is 34.1 Å². The maximum absolute atomic E-state index is 12.4. The van der Waals surface area contributed by atoms with Crippen LogP contribution in [0.5, 0.6) is 0 Å². The van der Waals surface area contributed by atoms with Gasteiger partial charge in [-0.2, -0.15) is 0 Å². The van der Waals surface area contributed by atoms with Gasteiger partial charge >= 0.3 is 0 Å². The van der Waals surface area contributed by atoms with Crippen LogP contribution < -0.4 is 16.4 Å². The summed E-state index contributed by atoms with van der Waals surface area (Å²) < 4.78 is 4.93. The van der Waals surface area contributed by atoms with Gasteiger partial charge < -0.3 is 26.0 Å². The van der Waals surface area contributed by atoms with Crippen molar-refractivity contribution in [2.24, 2.45) is 0 Å². The number of nitrogens with two attached hydrogens (primary N) is 1. The van der Waals surface area contributed by atoms with Crippen molar-refractivity contribution in [3.63, 3.8) is 0 Å². The number of nitrogen functional groups attached to an aromatic ring is 1. The van der Waals surface area contributed by atoms with Gasteiger partial charge in [-0.1, -0.05) is 11.3 Å². The Balaban J connectivity index is 2.05.